The molecule has 2 fully saturated rings. The van der Waals surface area contributed by atoms with Crippen LogP contribution >= 0.6 is 0 Å². The molecular weight excluding hydrogens is 158 g/mol. The Morgan fingerprint density at radius 2 is 1.54 bits per heavy atom. The summed E-state index contributed by atoms with van der Waals surface area (Å²) in [6.45, 7) is 6.11. The van der Waals surface area contributed by atoms with Crippen LogP contribution in [-0.2, 0) is 0 Å². The van der Waals surface area contributed by atoms with E-state index >= 15 is 0 Å². The normalized spacial score (nSPS) is 27.2. The van der Waals surface area contributed by atoms with Crippen LogP contribution < -0.4 is 0 Å². The Morgan fingerprint density at radius 1 is 0.923 bits per heavy atom. The van der Waals surface area contributed by atoms with E-state index < -0.39 is 0 Å². The molecule has 1 nitrogen and oxygen atoms in total. The molecule has 0 amide bonds. The molecule has 0 aromatic heterocycles. The Labute approximate surface area is 81.2 Å². The maximum Gasteiger partial charge on any atom is 0.159 e. The lowest BCUT2D eigenvalue weighted by Gasteiger charge is -2.38. The summed E-state index contributed by atoms with van der Waals surface area (Å²) in [5.41, 5.74) is 0.728. The highest BCUT2D eigenvalue weighted by Crippen LogP contribution is 2.43. The van der Waals surface area contributed by atoms with Gasteiger partial charge in [0.2, 0.25) is 0 Å². The molecule has 1 aliphatic heterocycles. The lowest BCUT2D eigenvalue weighted by Crippen LogP contribution is -2.36. The van der Waals surface area contributed by atoms with Gasteiger partial charge in [-0.3, -0.25) is 0 Å². The fraction of sp³-hybridized carbons (Fsp3) is 0.833. The Hall–Kier alpha value is -0.550. The topological polar surface area (TPSA) is 3.01 Å². The van der Waals surface area contributed by atoms with Gasteiger partial charge in [-0.25, -0.2) is 0 Å². The predicted octanol–water partition coefficient (Wildman–Crippen LogP) is 2.60. The van der Waals surface area contributed by atoms with Gasteiger partial charge < -0.3 is 0 Å². The van der Waals surface area contributed by atoms with E-state index in [0.29, 0.717) is 0 Å². The van der Waals surface area contributed by atoms with Crippen molar-refractivity contribution in [2.75, 3.05) is 13.1 Å². The molecule has 72 valence electrons. The molecule has 1 heteroatoms. The van der Waals surface area contributed by atoms with Gasteiger partial charge in [-0.1, -0.05) is 19.3 Å². The van der Waals surface area contributed by atoms with Crippen LogP contribution in [0.25, 0.3) is 0 Å². The second-order valence-corrected chi connectivity index (χ2v) is 4.71. The molecule has 0 N–H and O–H groups in total. The highest BCUT2D eigenvalue weighted by Gasteiger charge is 2.37. The summed E-state index contributed by atoms with van der Waals surface area (Å²) in [5.74, 6) is 3.01. The van der Waals surface area contributed by atoms with Gasteiger partial charge in [0.05, 0.1) is 0 Å². The van der Waals surface area contributed by atoms with Crippen molar-refractivity contribution in [1.82, 2.24) is 0 Å². The van der Waals surface area contributed by atoms with Crippen molar-refractivity contribution in [2.24, 2.45) is 5.41 Å². The van der Waals surface area contributed by atoms with Crippen molar-refractivity contribution in [3.63, 3.8) is 0 Å². The fourth-order valence-corrected chi connectivity index (χ4v) is 2.94. The van der Waals surface area contributed by atoms with Crippen LogP contribution in [0.5, 0.6) is 0 Å². The molecule has 13 heavy (non-hydrogen) atoms. The van der Waals surface area contributed by atoms with E-state index in [4.69, 9.17) is 0 Å². The van der Waals surface area contributed by atoms with Crippen molar-refractivity contribution in [3.8, 4) is 0 Å². The van der Waals surface area contributed by atoms with E-state index in [1.165, 1.54) is 58.0 Å². The molecule has 0 aromatic rings. The summed E-state index contributed by atoms with van der Waals surface area (Å²) in [5, 5.41) is 0. The first-order chi connectivity index (χ1) is 6.35. The van der Waals surface area contributed by atoms with E-state index in [1.807, 2.05) is 0 Å². The van der Waals surface area contributed by atoms with Gasteiger partial charge in [-0.15, -0.1) is 0 Å². The third kappa shape index (κ3) is 1.86. The first-order valence-corrected chi connectivity index (χ1v) is 5.62. The van der Waals surface area contributed by atoms with Crippen LogP contribution in [-0.4, -0.2) is 23.5 Å². The van der Waals surface area contributed by atoms with Crippen molar-refractivity contribution in [2.45, 2.75) is 44.9 Å². The molecule has 0 atom stereocenters. The minimum absolute atomic E-state index is 0.728. The molecule has 2 aliphatic rings. The Bertz CT molecular complexity index is 218. The molecule has 1 heterocycles. The minimum atomic E-state index is 0.728. The zero-order valence-corrected chi connectivity index (χ0v) is 8.52. The molecule has 1 spiro atoms. The molecule has 1 saturated heterocycles. The summed E-state index contributed by atoms with van der Waals surface area (Å²) in [7, 11) is 0. The number of rotatable bonds is 0. The quantitative estimate of drug-likeness (QED) is 0.502. The van der Waals surface area contributed by atoms with Gasteiger partial charge in [0.15, 0.2) is 19.0 Å². The third-order valence-corrected chi connectivity index (χ3v) is 3.96. The fourth-order valence-electron chi connectivity index (χ4n) is 2.94. The monoisotopic (exact) mass is 178 g/mol. The number of hydrogen-bond donors (Lipinski definition) is 0. The van der Waals surface area contributed by atoms with Gasteiger partial charge in [0.1, 0.15) is 0 Å². The van der Waals surface area contributed by atoms with E-state index in [9.17, 15) is 0 Å². The molecule has 1 aliphatic carbocycles. The van der Waals surface area contributed by atoms with Gasteiger partial charge in [-0.05, 0) is 18.3 Å². The standard InChI is InChI=1S/C12H20N/c1-2-13-10-8-12(9-11-13)6-4-3-5-7-12/h1,3-11H2/q+1. The molecule has 0 unspecified atom stereocenters. The van der Waals surface area contributed by atoms with E-state index in [1.54, 1.807) is 0 Å². The van der Waals surface area contributed by atoms with E-state index in [0.717, 1.165) is 5.41 Å². The smallest absolute Gasteiger partial charge is 0.159 e. The van der Waals surface area contributed by atoms with E-state index in [-0.39, 0.29) is 0 Å². The Balaban J connectivity index is 1.98. The summed E-state index contributed by atoms with van der Waals surface area (Å²) in [4.78, 5) is 0. The first-order valence-electron chi connectivity index (χ1n) is 5.62. The molecule has 2 rings (SSSR count). The maximum atomic E-state index is 3.72. The zero-order chi connectivity index (χ0) is 9.15. The van der Waals surface area contributed by atoms with Crippen molar-refractivity contribution >= 4 is 5.87 Å². The molecule has 0 radical (unpaired) electrons. The second-order valence-electron chi connectivity index (χ2n) is 4.71. The summed E-state index contributed by atoms with van der Waals surface area (Å²) in [6.07, 6.45) is 10.1. The molecular formula is C12H20N+. The largest absolute Gasteiger partial charge is 0.189 e. The van der Waals surface area contributed by atoms with Crippen LogP contribution in [0.2, 0.25) is 0 Å². The zero-order valence-electron chi connectivity index (χ0n) is 8.52. The number of hydrogen-bond acceptors (Lipinski definition) is 0. The van der Waals surface area contributed by atoms with E-state index in [2.05, 4.69) is 17.0 Å². The summed E-state index contributed by atoms with van der Waals surface area (Å²) < 4.78 is 2.25. The molecule has 0 bridgehead atoms. The number of nitrogens with zero attached hydrogens (tertiary/aromatic N) is 1. The minimum Gasteiger partial charge on any atom is -0.189 e. The van der Waals surface area contributed by atoms with Gasteiger partial charge in [-0.2, -0.15) is 4.58 Å². The van der Waals surface area contributed by atoms with Crippen LogP contribution in [0.1, 0.15) is 44.9 Å². The van der Waals surface area contributed by atoms with Gasteiger partial charge >= 0.3 is 0 Å². The Kier molecular flexibility index (Phi) is 2.55. The van der Waals surface area contributed by atoms with Crippen molar-refractivity contribution in [1.29, 1.82) is 0 Å². The SMILES string of the molecule is C=C=[N+]1CCC2(CCCCC2)CC1. The summed E-state index contributed by atoms with van der Waals surface area (Å²) in [6, 6.07) is 0. The highest BCUT2D eigenvalue weighted by molar-refractivity contribution is 5.39. The summed E-state index contributed by atoms with van der Waals surface area (Å²) >= 11 is 0. The van der Waals surface area contributed by atoms with Crippen LogP contribution in [0.3, 0.4) is 0 Å². The third-order valence-electron chi connectivity index (χ3n) is 3.96. The highest BCUT2D eigenvalue weighted by atomic mass is 15.0. The maximum absolute atomic E-state index is 3.72. The molecule has 1 saturated carbocycles. The van der Waals surface area contributed by atoms with Crippen molar-refractivity contribution in [3.05, 3.63) is 6.58 Å². The number of piperidine rings is 1. The van der Waals surface area contributed by atoms with Crippen molar-refractivity contribution < 1.29 is 4.58 Å². The van der Waals surface area contributed by atoms with Crippen LogP contribution in [0.15, 0.2) is 6.58 Å². The lowest BCUT2D eigenvalue weighted by molar-refractivity contribution is -0.539. The first kappa shape index (κ1) is 9.02. The second kappa shape index (κ2) is 3.67. The predicted molar refractivity (Wildman–Crippen MR) is 55.4 cm³/mol. The van der Waals surface area contributed by atoms with Gasteiger partial charge in [0.25, 0.3) is 0 Å². The Morgan fingerprint density at radius 3 is 2.08 bits per heavy atom. The lowest BCUT2D eigenvalue weighted by atomic mass is 9.68. The molecule has 0 aromatic carbocycles. The average molecular weight is 178 g/mol. The average Bonchev–Trinajstić information content (AvgIpc) is 2.20. The van der Waals surface area contributed by atoms with Gasteiger partial charge in [0, 0.05) is 19.4 Å². The van der Waals surface area contributed by atoms with Crippen LogP contribution in [0.4, 0.5) is 0 Å². The van der Waals surface area contributed by atoms with Crippen LogP contribution in [0, 0.1) is 5.41 Å².